The summed E-state index contributed by atoms with van der Waals surface area (Å²) in [5.74, 6) is 0.851. The van der Waals surface area contributed by atoms with Gasteiger partial charge < -0.3 is 10.1 Å². The van der Waals surface area contributed by atoms with Crippen LogP contribution in [0.15, 0.2) is 54.6 Å². The summed E-state index contributed by atoms with van der Waals surface area (Å²) in [5.41, 5.74) is 1.97. The van der Waals surface area contributed by atoms with Crippen molar-refractivity contribution in [3.63, 3.8) is 0 Å². The molecular formula is C22H26N2O3. The highest BCUT2D eigenvalue weighted by Crippen LogP contribution is 2.26. The number of aryl methyl sites for hydroxylation is 1. The van der Waals surface area contributed by atoms with E-state index in [2.05, 4.69) is 11.4 Å². The van der Waals surface area contributed by atoms with Gasteiger partial charge in [0.15, 0.2) is 0 Å². The number of unbranched alkanes of at least 4 members (excludes halogenated alkanes) is 1. The number of methoxy groups -OCH3 is 1. The molecule has 5 heteroatoms. The monoisotopic (exact) mass is 366 g/mol. The second kappa shape index (κ2) is 9.21. The van der Waals surface area contributed by atoms with Gasteiger partial charge in [-0.3, -0.25) is 14.5 Å². The lowest BCUT2D eigenvalue weighted by atomic mass is 10.1. The molecule has 0 spiro atoms. The zero-order valence-electron chi connectivity index (χ0n) is 15.7. The van der Waals surface area contributed by atoms with E-state index in [1.165, 1.54) is 5.56 Å². The van der Waals surface area contributed by atoms with Crippen LogP contribution in [0.2, 0.25) is 0 Å². The van der Waals surface area contributed by atoms with Crippen LogP contribution in [-0.4, -0.2) is 31.5 Å². The minimum atomic E-state index is -0.408. The van der Waals surface area contributed by atoms with E-state index in [1.54, 1.807) is 12.0 Å². The first-order valence-electron chi connectivity index (χ1n) is 9.47. The highest BCUT2D eigenvalue weighted by molar-refractivity contribution is 6.03. The summed E-state index contributed by atoms with van der Waals surface area (Å²) < 4.78 is 5.36. The number of nitrogens with one attached hydrogen (secondary N) is 1. The first-order valence-corrected chi connectivity index (χ1v) is 9.47. The second-order valence-corrected chi connectivity index (χ2v) is 6.71. The Morgan fingerprint density at radius 2 is 1.85 bits per heavy atom. The van der Waals surface area contributed by atoms with Crippen molar-refractivity contribution in [2.24, 2.45) is 0 Å². The molecule has 1 aliphatic rings. The lowest BCUT2D eigenvalue weighted by molar-refractivity contribution is -0.123. The molecule has 142 valence electrons. The van der Waals surface area contributed by atoms with Crippen molar-refractivity contribution >= 4 is 17.5 Å². The van der Waals surface area contributed by atoms with Crippen molar-refractivity contribution < 1.29 is 14.3 Å². The number of amides is 2. The number of rotatable bonds is 8. The van der Waals surface area contributed by atoms with Gasteiger partial charge >= 0.3 is 0 Å². The van der Waals surface area contributed by atoms with E-state index in [1.807, 2.05) is 48.5 Å². The van der Waals surface area contributed by atoms with Gasteiger partial charge in [0.1, 0.15) is 11.8 Å². The zero-order valence-corrected chi connectivity index (χ0v) is 15.7. The lowest BCUT2D eigenvalue weighted by Gasteiger charge is -2.24. The van der Waals surface area contributed by atoms with E-state index in [4.69, 9.17) is 4.74 Å². The van der Waals surface area contributed by atoms with Crippen molar-refractivity contribution in [2.75, 3.05) is 18.6 Å². The van der Waals surface area contributed by atoms with Crippen LogP contribution in [0.5, 0.6) is 5.75 Å². The van der Waals surface area contributed by atoms with Gasteiger partial charge in [0.25, 0.3) is 0 Å². The second-order valence-electron chi connectivity index (χ2n) is 6.71. The minimum absolute atomic E-state index is 0.0116. The quantitative estimate of drug-likeness (QED) is 0.729. The van der Waals surface area contributed by atoms with Crippen molar-refractivity contribution in [1.82, 2.24) is 5.32 Å². The highest BCUT2D eigenvalue weighted by Gasteiger charge is 2.36. The smallest absolute Gasteiger partial charge is 0.243 e. The molecule has 5 nitrogen and oxygen atoms in total. The Morgan fingerprint density at radius 1 is 1.11 bits per heavy atom. The molecule has 2 aromatic rings. The summed E-state index contributed by atoms with van der Waals surface area (Å²) in [7, 11) is 1.68. The molecular weight excluding hydrogens is 340 g/mol. The number of carbonyl (C=O) groups is 2. The summed E-state index contributed by atoms with van der Waals surface area (Å²) in [5, 5.41) is 3.00. The summed E-state index contributed by atoms with van der Waals surface area (Å²) in [4.78, 5) is 26.4. The highest BCUT2D eigenvalue weighted by atomic mass is 16.5. The fourth-order valence-corrected chi connectivity index (χ4v) is 3.52. The van der Waals surface area contributed by atoms with E-state index in [9.17, 15) is 9.59 Å². The Labute approximate surface area is 160 Å². The number of anilines is 1. The molecule has 1 heterocycles. The first-order chi connectivity index (χ1) is 13.2. The van der Waals surface area contributed by atoms with Crippen molar-refractivity contribution in [3.05, 3.63) is 60.2 Å². The minimum Gasteiger partial charge on any atom is -0.496 e. The van der Waals surface area contributed by atoms with Crippen LogP contribution in [0.4, 0.5) is 5.69 Å². The molecule has 1 atom stereocenters. The fourth-order valence-electron chi connectivity index (χ4n) is 3.52. The SMILES string of the molecule is COc1ccccc1CCCCNC(=O)C1CCC(=O)N1c1ccccc1. The van der Waals surface area contributed by atoms with Gasteiger partial charge in [-0.2, -0.15) is 0 Å². The summed E-state index contributed by atoms with van der Waals surface area (Å²) in [6, 6.07) is 17.0. The third-order valence-corrected chi connectivity index (χ3v) is 4.91. The molecule has 2 aromatic carbocycles. The van der Waals surface area contributed by atoms with E-state index >= 15 is 0 Å². The van der Waals surface area contributed by atoms with Crippen LogP contribution in [-0.2, 0) is 16.0 Å². The number of para-hydroxylation sites is 2. The number of hydrogen-bond acceptors (Lipinski definition) is 3. The van der Waals surface area contributed by atoms with Crippen LogP contribution in [0, 0.1) is 0 Å². The summed E-state index contributed by atoms with van der Waals surface area (Å²) in [6.45, 7) is 0.612. The molecule has 0 radical (unpaired) electrons. The van der Waals surface area contributed by atoms with E-state index in [0.29, 0.717) is 19.4 Å². The van der Waals surface area contributed by atoms with Gasteiger partial charge in [-0.25, -0.2) is 0 Å². The van der Waals surface area contributed by atoms with Gasteiger partial charge in [0, 0.05) is 18.7 Å². The van der Waals surface area contributed by atoms with Crippen molar-refractivity contribution in [2.45, 2.75) is 38.1 Å². The molecule has 1 fully saturated rings. The Balaban J connectivity index is 1.47. The normalized spacial score (nSPS) is 16.4. The maximum absolute atomic E-state index is 12.6. The molecule has 1 unspecified atom stereocenters. The van der Waals surface area contributed by atoms with Crippen LogP contribution in [0.3, 0.4) is 0 Å². The molecule has 3 rings (SSSR count). The van der Waals surface area contributed by atoms with Crippen LogP contribution in [0.25, 0.3) is 0 Å². The third-order valence-electron chi connectivity index (χ3n) is 4.91. The molecule has 0 bridgehead atoms. The van der Waals surface area contributed by atoms with Gasteiger partial charge in [0.05, 0.1) is 7.11 Å². The van der Waals surface area contributed by atoms with Gasteiger partial charge in [-0.05, 0) is 49.4 Å². The maximum Gasteiger partial charge on any atom is 0.243 e. The van der Waals surface area contributed by atoms with Crippen LogP contribution < -0.4 is 15.0 Å². The standard InChI is InChI=1S/C22H26N2O3/c1-27-20-13-6-5-9-17(20)10-7-8-16-23-22(26)19-14-15-21(25)24(19)18-11-3-2-4-12-18/h2-6,9,11-13,19H,7-8,10,14-16H2,1H3,(H,23,26). The largest absolute Gasteiger partial charge is 0.496 e. The van der Waals surface area contributed by atoms with Gasteiger partial charge in [0.2, 0.25) is 11.8 Å². The average molecular weight is 366 g/mol. The molecule has 1 aliphatic heterocycles. The maximum atomic E-state index is 12.6. The Hall–Kier alpha value is -2.82. The van der Waals surface area contributed by atoms with Crippen LogP contribution >= 0.6 is 0 Å². The summed E-state index contributed by atoms with van der Waals surface area (Å²) in [6.07, 6.45) is 3.75. The molecule has 27 heavy (non-hydrogen) atoms. The molecule has 0 aromatic heterocycles. The number of nitrogens with zero attached hydrogens (tertiary/aromatic N) is 1. The Kier molecular flexibility index (Phi) is 6.47. The van der Waals surface area contributed by atoms with E-state index in [0.717, 1.165) is 30.7 Å². The number of hydrogen-bond donors (Lipinski definition) is 1. The average Bonchev–Trinajstić information content (AvgIpc) is 3.10. The van der Waals surface area contributed by atoms with Crippen molar-refractivity contribution in [1.29, 1.82) is 0 Å². The third kappa shape index (κ3) is 4.67. The number of ether oxygens (including phenoxy) is 1. The lowest BCUT2D eigenvalue weighted by Crippen LogP contribution is -2.45. The van der Waals surface area contributed by atoms with E-state index in [-0.39, 0.29) is 11.8 Å². The molecule has 0 saturated carbocycles. The van der Waals surface area contributed by atoms with E-state index < -0.39 is 6.04 Å². The predicted molar refractivity (Wildman–Crippen MR) is 106 cm³/mol. The number of carbonyl (C=O) groups excluding carboxylic acids is 2. The van der Waals surface area contributed by atoms with Gasteiger partial charge in [-0.15, -0.1) is 0 Å². The Morgan fingerprint density at radius 3 is 2.63 bits per heavy atom. The van der Waals surface area contributed by atoms with Crippen LogP contribution in [0.1, 0.15) is 31.2 Å². The molecule has 1 N–H and O–H groups in total. The molecule has 2 amide bonds. The predicted octanol–water partition coefficient (Wildman–Crippen LogP) is 3.33. The zero-order chi connectivity index (χ0) is 19.1. The summed E-state index contributed by atoms with van der Waals surface area (Å²) >= 11 is 0. The fraction of sp³-hybridized carbons (Fsp3) is 0.364. The first kappa shape index (κ1) is 19.0. The molecule has 0 aliphatic carbocycles. The van der Waals surface area contributed by atoms with Crippen molar-refractivity contribution in [3.8, 4) is 5.75 Å². The topological polar surface area (TPSA) is 58.6 Å². The Bertz CT molecular complexity index is 776. The van der Waals surface area contributed by atoms with Gasteiger partial charge in [-0.1, -0.05) is 36.4 Å². The molecule has 1 saturated heterocycles. The number of benzene rings is 2.